The highest BCUT2D eigenvalue weighted by Crippen LogP contribution is 1.85. The van der Waals surface area contributed by atoms with Crippen LogP contribution in [0.25, 0.3) is 0 Å². The van der Waals surface area contributed by atoms with E-state index in [-0.39, 0.29) is 1.43 Å². The van der Waals surface area contributed by atoms with Gasteiger partial charge in [-0.1, -0.05) is 45.2 Å². The fourth-order valence-corrected chi connectivity index (χ4v) is 0.231. The Hall–Kier alpha value is -1.11. The molecule has 0 aliphatic rings. The van der Waals surface area contributed by atoms with Gasteiger partial charge in [-0.25, -0.2) is 0 Å². The van der Waals surface area contributed by atoms with Crippen LogP contribution in [0.4, 0.5) is 0 Å². The van der Waals surface area contributed by atoms with Crippen LogP contribution in [0, 0.1) is 0 Å². The maximum atomic E-state index is 9.83. The van der Waals surface area contributed by atoms with Gasteiger partial charge in [0.2, 0.25) is 0 Å². The van der Waals surface area contributed by atoms with Crippen molar-refractivity contribution in [3.05, 3.63) is 37.0 Å². The van der Waals surface area contributed by atoms with Gasteiger partial charge in [-0.15, -0.1) is 0 Å². The van der Waals surface area contributed by atoms with Crippen LogP contribution in [0.15, 0.2) is 37.0 Å². The van der Waals surface area contributed by atoms with Crippen LogP contribution in [0.5, 0.6) is 0 Å². The lowest BCUT2D eigenvalue weighted by Crippen LogP contribution is -1.70. The SMILES string of the molecule is C=C/C=C\C(=C)C=O.CC.[HH]. The van der Waals surface area contributed by atoms with Gasteiger partial charge in [0, 0.05) is 7.00 Å². The Labute approximate surface area is 64.2 Å². The van der Waals surface area contributed by atoms with Gasteiger partial charge >= 0.3 is 0 Å². The van der Waals surface area contributed by atoms with Gasteiger partial charge in [-0.2, -0.15) is 0 Å². The van der Waals surface area contributed by atoms with E-state index >= 15 is 0 Å². The number of hydrogen-bond acceptors (Lipinski definition) is 1. The van der Waals surface area contributed by atoms with E-state index in [0.717, 1.165) is 0 Å². The normalized spacial score (nSPS) is 7.80. The van der Waals surface area contributed by atoms with Crippen molar-refractivity contribution in [2.75, 3.05) is 0 Å². The van der Waals surface area contributed by atoms with Gasteiger partial charge in [-0.3, -0.25) is 4.79 Å². The number of hydrogen-bond donors (Lipinski definition) is 0. The minimum atomic E-state index is 0. The molecule has 0 heterocycles. The monoisotopic (exact) mass is 140 g/mol. The van der Waals surface area contributed by atoms with Gasteiger partial charge < -0.3 is 0 Å². The Kier molecular flexibility index (Phi) is 12.6. The van der Waals surface area contributed by atoms with Crippen molar-refractivity contribution in [3.8, 4) is 0 Å². The second-order valence-electron chi connectivity index (χ2n) is 1.29. The number of carbonyl (C=O) groups is 1. The molecular weight excluding hydrogens is 124 g/mol. The van der Waals surface area contributed by atoms with E-state index in [1.54, 1.807) is 18.2 Å². The van der Waals surface area contributed by atoms with E-state index in [0.29, 0.717) is 11.9 Å². The zero-order valence-corrected chi connectivity index (χ0v) is 6.63. The summed E-state index contributed by atoms with van der Waals surface area (Å²) in [4.78, 5) is 9.83. The Bertz CT molecular complexity index is 136. The number of aldehydes is 1. The lowest BCUT2D eigenvalue weighted by atomic mass is 10.3. The summed E-state index contributed by atoms with van der Waals surface area (Å²) in [6, 6.07) is 0. The van der Waals surface area contributed by atoms with Crippen molar-refractivity contribution < 1.29 is 6.22 Å². The highest BCUT2D eigenvalue weighted by Gasteiger charge is 1.75. The van der Waals surface area contributed by atoms with Crippen LogP contribution in [0.1, 0.15) is 15.3 Å². The van der Waals surface area contributed by atoms with Crippen LogP contribution in [0.2, 0.25) is 0 Å². The van der Waals surface area contributed by atoms with E-state index in [1.165, 1.54) is 0 Å². The lowest BCUT2D eigenvalue weighted by Gasteiger charge is -1.76. The summed E-state index contributed by atoms with van der Waals surface area (Å²) >= 11 is 0. The summed E-state index contributed by atoms with van der Waals surface area (Å²) in [5, 5.41) is 0. The molecule has 0 N–H and O–H groups in total. The number of carbonyl (C=O) groups excluding carboxylic acids is 1. The fourth-order valence-electron chi connectivity index (χ4n) is 0.231. The molecule has 0 saturated carbocycles. The number of rotatable bonds is 3. The second kappa shape index (κ2) is 10.8. The molecule has 0 bridgehead atoms. The molecule has 0 radical (unpaired) electrons. The lowest BCUT2D eigenvalue weighted by molar-refractivity contribution is -0.104. The zero-order chi connectivity index (χ0) is 8.41. The second-order valence-corrected chi connectivity index (χ2v) is 1.29. The third-order valence-electron chi connectivity index (χ3n) is 0.598. The average molecular weight is 140 g/mol. The van der Waals surface area contributed by atoms with E-state index in [4.69, 9.17) is 0 Å². The Morgan fingerprint density at radius 2 is 2.00 bits per heavy atom. The van der Waals surface area contributed by atoms with Crippen molar-refractivity contribution in [2.45, 2.75) is 13.8 Å². The van der Waals surface area contributed by atoms with Gasteiger partial charge in [0.05, 0.1) is 0 Å². The molecule has 0 aromatic carbocycles. The number of allylic oxidation sites excluding steroid dienone is 4. The molecule has 0 spiro atoms. The molecule has 0 rings (SSSR count). The molecule has 0 aromatic heterocycles. The van der Waals surface area contributed by atoms with Crippen LogP contribution in [-0.4, -0.2) is 6.29 Å². The quantitative estimate of drug-likeness (QED) is 0.334. The first kappa shape index (κ1) is 11.7. The molecule has 0 unspecified atom stereocenters. The van der Waals surface area contributed by atoms with E-state index < -0.39 is 0 Å². The molecule has 0 aliphatic heterocycles. The fraction of sp³-hybridized carbons (Fsp3) is 0.222. The first-order valence-corrected chi connectivity index (χ1v) is 3.24. The van der Waals surface area contributed by atoms with Gasteiger partial charge in [-0.05, 0) is 0 Å². The van der Waals surface area contributed by atoms with Crippen LogP contribution >= 0.6 is 0 Å². The first-order valence-electron chi connectivity index (χ1n) is 3.24. The molecule has 58 valence electrons. The molecule has 0 atom stereocenters. The summed E-state index contributed by atoms with van der Waals surface area (Å²) in [5.41, 5.74) is 0.463. The molecule has 0 amide bonds. The maximum Gasteiger partial charge on any atom is 0.149 e. The Morgan fingerprint density at radius 3 is 2.30 bits per heavy atom. The third-order valence-corrected chi connectivity index (χ3v) is 0.598. The Morgan fingerprint density at radius 1 is 1.50 bits per heavy atom. The largest absolute Gasteiger partial charge is 0.298 e. The highest BCUT2D eigenvalue weighted by molar-refractivity contribution is 5.76. The molecule has 0 aromatic rings. The van der Waals surface area contributed by atoms with Crippen molar-refractivity contribution in [1.82, 2.24) is 0 Å². The zero-order valence-electron chi connectivity index (χ0n) is 6.63. The van der Waals surface area contributed by atoms with Crippen molar-refractivity contribution in [3.63, 3.8) is 0 Å². The van der Waals surface area contributed by atoms with Gasteiger partial charge in [0.25, 0.3) is 0 Å². The Balaban J connectivity index is -0.000000196. The topological polar surface area (TPSA) is 17.1 Å². The molecule has 0 fully saturated rings. The molecule has 1 heteroatoms. The first-order chi connectivity index (χ1) is 4.81. The smallest absolute Gasteiger partial charge is 0.149 e. The predicted molar refractivity (Wildman–Crippen MR) is 48.0 cm³/mol. The van der Waals surface area contributed by atoms with Crippen LogP contribution < -0.4 is 0 Å². The van der Waals surface area contributed by atoms with Crippen molar-refractivity contribution >= 4 is 6.29 Å². The van der Waals surface area contributed by atoms with E-state index in [1.807, 2.05) is 13.8 Å². The maximum absolute atomic E-state index is 9.83. The summed E-state index contributed by atoms with van der Waals surface area (Å²) < 4.78 is 0. The van der Waals surface area contributed by atoms with E-state index in [2.05, 4.69) is 13.2 Å². The summed E-state index contributed by atoms with van der Waals surface area (Å²) in [5.74, 6) is 0. The standard InChI is InChI=1S/C7H8O.C2H6.H2/c1-3-4-5-7(2)6-8;1-2;/h3-6H,1-2H2;1-2H3;1H/b5-4-;;. The van der Waals surface area contributed by atoms with E-state index in [9.17, 15) is 4.79 Å². The van der Waals surface area contributed by atoms with Crippen LogP contribution in [0.3, 0.4) is 0 Å². The van der Waals surface area contributed by atoms with Crippen molar-refractivity contribution in [2.24, 2.45) is 0 Å². The average Bonchev–Trinajstić information content (AvgIpc) is 2.04. The van der Waals surface area contributed by atoms with Gasteiger partial charge in [0.15, 0.2) is 0 Å². The van der Waals surface area contributed by atoms with Gasteiger partial charge in [0.1, 0.15) is 6.29 Å². The highest BCUT2D eigenvalue weighted by atomic mass is 16.1. The summed E-state index contributed by atoms with van der Waals surface area (Å²) in [6.45, 7) is 10.8. The minimum Gasteiger partial charge on any atom is -0.298 e. The molecule has 0 aliphatic carbocycles. The third kappa shape index (κ3) is 10.00. The molecule has 10 heavy (non-hydrogen) atoms. The summed E-state index contributed by atoms with van der Waals surface area (Å²) in [7, 11) is 0. The van der Waals surface area contributed by atoms with Crippen LogP contribution in [-0.2, 0) is 4.79 Å². The van der Waals surface area contributed by atoms with Crippen molar-refractivity contribution in [1.29, 1.82) is 0 Å². The molecule has 1 nitrogen and oxygen atoms in total. The predicted octanol–water partition coefficient (Wildman–Crippen LogP) is 2.76. The molecule has 0 saturated heterocycles. The minimum absolute atomic E-state index is 0. The molecular formula is C9H16O. The summed E-state index contributed by atoms with van der Waals surface area (Å²) in [6.07, 6.45) is 5.55.